The van der Waals surface area contributed by atoms with Crippen molar-refractivity contribution in [3.8, 4) is 0 Å². The van der Waals surface area contributed by atoms with E-state index in [9.17, 15) is 0 Å². The topological polar surface area (TPSA) is 21.6 Å². The van der Waals surface area contributed by atoms with Crippen LogP contribution in [0.15, 0.2) is 16.6 Å². The van der Waals surface area contributed by atoms with Crippen molar-refractivity contribution < 1.29 is 4.74 Å². The summed E-state index contributed by atoms with van der Waals surface area (Å²) in [6.07, 6.45) is 1.98. The Morgan fingerprint density at radius 3 is 2.50 bits per heavy atom. The van der Waals surface area contributed by atoms with Crippen molar-refractivity contribution in [2.24, 2.45) is 4.99 Å². The summed E-state index contributed by atoms with van der Waals surface area (Å²) in [4.78, 5) is 4.14. The van der Waals surface area contributed by atoms with Crippen LogP contribution in [0.3, 0.4) is 0 Å². The summed E-state index contributed by atoms with van der Waals surface area (Å²) in [5.74, 6) is 0.741. The first-order valence-corrected chi connectivity index (χ1v) is 3.48. The number of hydrogen-bond donors (Lipinski definition) is 0. The van der Waals surface area contributed by atoms with Crippen molar-refractivity contribution in [2.45, 2.75) is 20.8 Å². The highest BCUT2D eigenvalue weighted by atomic mass is 16.5. The Labute approximate surface area is 62.6 Å². The van der Waals surface area contributed by atoms with Gasteiger partial charge in [0, 0.05) is 12.1 Å². The second-order valence-electron chi connectivity index (χ2n) is 1.96. The highest BCUT2D eigenvalue weighted by molar-refractivity contribution is 5.92. The smallest absolute Gasteiger partial charge is 0.210 e. The summed E-state index contributed by atoms with van der Waals surface area (Å²) < 4.78 is 5.03. The molecule has 0 rings (SSSR count). The van der Waals surface area contributed by atoms with E-state index in [-0.39, 0.29) is 0 Å². The monoisotopic (exact) mass is 141 g/mol. The van der Waals surface area contributed by atoms with Crippen molar-refractivity contribution in [3.63, 3.8) is 0 Å². The molecule has 10 heavy (non-hydrogen) atoms. The number of ether oxygens (including phenoxy) is 1. The molecular formula is C8H15NO. The van der Waals surface area contributed by atoms with Crippen LogP contribution in [0.2, 0.25) is 0 Å². The maximum atomic E-state index is 5.03. The summed E-state index contributed by atoms with van der Waals surface area (Å²) in [6, 6.07) is 0. The number of rotatable bonds is 2. The number of methoxy groups -OCH3 is 1. The molecule has 0 aliphatic carbocycles. The minimum Gasteiger partial charge on any atom is -0.481 e. The Morgan fingerprint density at radius 2 is 2.20 bits per heavy atom. The molecular weight excluding hydrogens is 126 g/mol. The van der Waals surface area contributed by atoms with Gasteiger partial charge in [-0.1, -0.05) is 6.08 Å². The summed E-state index contributed by atoms with van der Waals surface area (Å²) in [5, 5.41) is 0. The van der Waals surface area contributed by atoms with Gasteiger partial charge in [-0.2, -0.15) is 0 Å². The van der Waals surface area contributed by atoms with E-state index in [1.807, 2.05) is 26.8 Å². The molecule has 0 bridgehead atoms. The molecule has 0 radical (unpaired) electrons. The fourth-order valence-corrected chi connectivity index (χ4v) is 0.617. The minimum absolute atomic E-state index is 0.741. The van der Waals surface area contributed by atoms with E-state index in [1.165, 1.54) is 0 Å². The van der Waals surface area contributed by atoms with Crippen molar-refractivity contribution >= 4 is 5.90 Å². The van der Waals surface area contributed by atoms with Crippen LogP contribution >= 0.6 is 0 Å². The molecule has 0 aromatic carbocycles. The number of aliphatic imine (C=N–C) groups is 1. The predicted molar refractivity (Wildman–Crippen MR) is 44.4 cm³/mol. The Kier molecular flexibility index (Phi) is 4.63. The largest absolute Gasteiger partial charge is 0.481 e. The summed E-state index contributed by atoms with van der Waals surface area (Å²) >= 11 is 0. The molecule has 0 saturated heterocycles. The lowest BCUT2D eigenvalue weighted by molar-refractivity contribution is 0.401. The summed E-state index contributed by atoms with van der Waals surface area (Å²) in [6.45, 7) is 6.72. The van der Waals surface area contributed by atoms with Gasteiger partial charge >= 0.3 is 0 Å². The maximum absolute atomic E-state index is 5.03. The molecule has 0 atom stereocenters. The van der Waals surface area contributed by atoms with E-state index < -0.39 is 0 Å². The third-order valence-electron chi connectivity index (χ3n) is 1.27. The van der Waals surface area contributed by atoms with Gasteiger partial charge in [0.2, 0.25) is 5.90 Å². The first-order valence-electron chi connectivity index (χ1n) is 3.48. The summed E-state index contributed by atoms with van der Waals surface area (Å²) in [7, 11) is 1.64. The number of nitrogens with zero attached hydrogens (tertiary/aromatic N) is 1. The molecule has 2 heteroatoms. The molecule has 0 aromatic heterocycles. The summed E-state index contributed by atoms with van der Waals surface area (Å²) in [5.41, 5.74) is 1.09. The van der Waals surface area contributed by atoms with Crippen LogP contribution < -0.4 is 0 Å². The Hall–Kier alpha value is -0.790. The van der Waals surface area contributed by atoms with Crippen molar-refractivity contribution in [2.75, 3.05) is 13.7 Å². The van der Waals surface area contributed by atoms with Gasteiger partial charge in [0.25, 0.3) is 0 Å². The number of hydrogen-bond acceptors (Lipinski definition) is 2. The molecule has 0 unspecified atom stereocenters. The molecule has 0 aliphatic heterocycles. The maximum Gasteiger partial charge on any atom is 0.210 e. The van der Waals surface area contributed by atoms with Crippen LogP contribution in [0, 0.1) is 0 Å². The van der Waals surface area contributed by atoms with Crippen molar-refractivity contribution in [1.29, 1.82) is 0 Å². The fraction of sp³-hybridized carbons (Fsp3) is 0.625. The average molecular weight is 141 g/mol. The first kappa shape index (κ1) is 9.21. The minimum atomic E-state index is 0.741. The zero-order valence-corrected chi connectivity index (χ0v) is 7.14. The Bertz CT molecular complexity index is 147. The number of allylic oxidation sites excluding steroid dienone is 1. The van der Waals surface area contributed by atoms with Gasteiger partial charge in [-0.25, -0.2) is 0 Å². The first-order chi connectivity index (χ1) is 4.76. The van der Waals surface area contributed by atoms with Crippen LogP contribution in [0.25, 0.3) is 0 Å². The third-order valence-corrected chi connectivity index (χ3v) is 1.27. The quantitative estimate of drug-likeness (QED) is 0.426. The van der Waals surface area contributed by atoms with Crippen molar-refractivity contribution in [3.05, 3.63) is 11.6 Å². The van der Waals surface area contributed by atoms with Crippen molar-refractivity contribution in [1.82, 2.24) is 0 Å². The lowest BCUT2D eigenvalue weighted by Crippen LogP contribution is -2.03. The van der Waals surface area contributed by atoms with Gasteiger partial charge in [0.05, 0.1) is 7.11 Å². The second-order valence-corrected chi connectivity index (χ2v) is 1.96. The SMILES string of the molecule is C/C=C(C)\C(=N/CC)OC. The molecule has 0 spiro atoms. The Balaban J connectivity index is 4.21. The highest BCUT2D eigenvalue weighted by Gasteiger charge is 1.96. The molecule has 0 N–H and O–H groups in total. The molecule has 0 aromatic rings. The van der Waals surface area contributed by atoms with E-state index in [0.29, 0.717) is 0 Å². The second kappa shape index (κ2) is 5.03. The lowest BCUT2D eigenvalue weighted by Gasteiger charge is -2.02. The lowest BCUT2D eigenvalue weighted by atomic mass is 10.3. The van der Waals surface area contributed by atoms with Gasteiger partial charge in [0.15, 0.2) is 0 Å². The van der Waals surface area contributed by atoms with Crippen LogP contribution in [0.4, 0.5) is 0 Å². The predicted octanol–water partition coefficient (Wildman–Crippen LogP) is 2.02. The molecule has 0 heterocycles. The molecule has 58 valence electrons. The van der Waals surface area contributed by atoms with Crippen LogP contribution in [-0.2, 0) is 4.74 Å². The normalized spacial score (nSPS) is 13.6. The van der Waals surface area contributed by atoms with Crippen LogP contribution in [0.5, 0.6) is 0 Å². The van der Waals surface area contributed by atoms with Gasteiger partial charge in [-0.15, -0.1) is 0 Å². The van der Waals surface area contributed by atoms with Gasteiger partial charge < -0.3 is 4.74 Å². The molecule has 0 amide bonds. The molecule has 2 nitrogen and oxygen atoms in total. The van der Waals surface area contributed by atoms with E-state index in [2.05, 4.69) is 4.99 Å². The Morgan fingerprint density at radius 1 is 1.60 bits per heavy atom. The third kappa shape index (κ3) is 2.67. The van der Waals surface area contributed by atoms with E-state index in [4.69, 9.17) is 4.74 Å². The van der Waals surface area contributed by atoms with Crippen LogP contribution in [-0.4, -0.2) is 19.6 Å². The molecule has 0 saturated carbocycles. The van der Waals surface area contributed by atoms with E-state index in [1.54, 1.807) is 7.11 Å². The van der Waals surface area contributed by atoms with Gasteiger partial charge in [-0.05, 0) is 20.8 Å². The standard InChI is InChI=1S/C8H15NO/c1-5-7(3)8(10-4)9-6-2/h5H,6H2,1-4H3/b7-5-,9-8+. The molecule has 0 aliphatic rings. The van der Waals surface area contributed by atoms with Gasteiger partial charge in [-0.3, -0.25) is 4.99 Å². The zero-order chi connectivity index (χ0) is 7.98. The average Bonchev–Trinajstić information content (AvgIpc) is 1.99. The highest BCUT2D eigenvalue weighted by Crippen LogP contribution is 1.97. The van der Waals surface area contributed by atoms with Crippen LogP contribution in [0.1, 0.15) is 20.8 Å². The van der Waals surface area contributed by atoms with E-state index >= 15 is 0 Å². The fourth-order valence-electron chi connectivity index (χ4n) is 0.617. The van der Waals surface area contributed by atoms with E-state index in [0.717, 1.165) is 18.0 Å². The zero-order valence-electron chi connectivity index (χ0n) is 7.14. The molecule has 0 fully saturated rings. The van der Waals surface area contributed by atoms with Gasteiger partial charge in [0.1, 0.15) is 0 Å².